The first-order chi connectivity index (χ1) is 14.9. The van der Waals surface area contributed by atoms with Crippen molar-refractivity contribution in [3.8, 4) is 0 Å². The molecule has 0 bridgehead atoms. The normalized spacial score (nSPS) is 15.3. The van der Waals surface area contributed by atoms with Crippen LogP contribution < -0.4 is 10.0 Å². The zero-order valence-electron chi connectivity index (χ0n) is 17.6. The lowest BCUT2D eigenvalue weighted by molar-refractivity contribution is -0.120. The van der Waals surface area contributed by atoms with Crippen molar-refractivity contribution in [2.75, 3.05) is 30.9 Å². The number of benzene rings is 2. The van der Waals surface area contributed by atoms with E-state index < -0.39 is 15.8 Å². The summed E-state index contributed by atoms with van der Waals surface area (Å²) in [5.74, 6) is -0.543. The summed E-state index contributed by atoms with van der Waals surface area (Å²) >= 11 is 0. The van der Waals surface area contributed by atoms with E-state index in [1.165, 1.54) is 37.8 Å². The number of carbonyl (C=O) groups excluding carboxylic acids is 1. The lowest BCUT2D eigenvalue weighted by Crippen LogP contribution is -2.31. The molecule has 31 heavy (non-hydrogen) atoms. The van der Waals surface area contributed by atoms with Crippen LogP contribution in [0.25, 0.3) is 0 Å². The van der Waals surface area contributed by atoms with E-state index in [2.05, 4.69) is 14.9 Å². The Morgan fingerprint density at radius 1 is 0.935 bits per heavy atom. The molecule has 0 spiro atoms. The number of halogens is 1. The maximum absolute atomic E-state index is 13.0. The van der Waals surface area contributed by atoms with Crippen molar-refractivity contribution in [2.24, 2.45) is 0 Å². The zero-order valence-corrected chi connectivity index (χ0v) is 18.5. The van der Waals surface area contributed by atoms with Crippen LogP contribution in [0.2, 0.25) is 0 Å². The van der Waals surface area contributed by atoms with E-state index in [4.69, 9.17) is 0 Å². The van der Waals surface area contributed by atoms with Gasteiger partial charge in [-0.15, -0.1) is 0 Å². The number of nitrogens with zero attached hydrogens (tertiary/aromatic N) is 1. The van der Waals surface area contributed by atoms with Gasteiger partial charge in [-0.3, -0.25) is 9.52 Å². The third-order valence-electron chi connectivity index (χ3n) is 5.37. The first-order valence-corrected chi connectivity index (χ1v) is 12.3. The smallest absolute Gasteiger partial charge is 0.261 e. The Labute approximate surface area is 183 Å². The molecule has 0 aromatic heterocycles. The lowest BCUT2D eigenvalue weighted by Gasteiger charge is -2.19. The molecule has 168 valence electrons. The summed E-state index contributed by atoms with van der Waals surface area (Å²) < 4.78 is 40.2. The largest absolute Gasteiger partial charge is 0.356 e. The standard InChI is InChI=1S/C23H30FN3O3S/c24-20-8-12-22(13-9-20)31(29,30)26-21-10-6-19(7-11-21)18-23(28)25-14-5-17-27-15-3-1-2-4-16-27/h6-13,26H,1-5,14-18H2,(H,25,28). The van der Waals surface area contributed by atoms with Crippen molar-refractivity contribution in [1.82, 2.24) is 10.2 Å². The van der Waals surface area contributed by atoms with Gasteiger partial charge in [0.05, 0.1) is 11.3 Å². The highest BCUT2D eigenvalue weighted by atomic mass is 32.2. The van der Waals surface area contributed by atoms with Crippen LogP contribution in [0.15, 0.2) is 53.4 Å². The topological polar surface area (TPSA) is 78.5 Å². The second-order valence-corrected chi connectivity index (χ2v) is 9.57. The van der Waals surface area contributed by atoms with Crippen LogP contribution in [0.1, 0.15) is 37.7 Å². The van der Waals surface area contributed by atoms with E-state index in [0.29, 0.717) is 12.2 Å². The quantitative estimate of drug-likeness (QED) is 0.576. The fourth-order valence-corrected chi connectivity index (χ4v) is 4.72. The van der Waals surface area contributed by atoms with E-state index in [-0.39, 0.29) is 17.2 Å². The molecule has 6 nitrogen and oxygen atoms in total. The molecule has 1 aliphatic heterocycles. The molecule has 0 aliphatic carbocycles. The number of hydrogen-bond donors (Lipinski definition) is 2. The van der Waals surface area contributed by atoms with Gasteiger partial charge in [-0.1, -0.05) is 25.0 Å². The fourth-order valence-electron chi connectivity index (χ4n) is 3.66. The van der Waals surface area contributed by atoms with Gasteiger partial charge < -0.3 is 10.2 Å². The number of rotatable bonds is 9. The third-order valence-corrected chi connectivity index (χ3v) is 6.76. The number of anilines is 1. The Morgan fingerprint density at radius 3 is 2.23 bits per heavy atom. The summed E-state index contributed by atoms with van der Waals surface area (Å²) in [5, 5.41) is 2.96. The number of nitrogens with one attached hydrogen (secondary N) is 2. The third kappa shape index (κ3) is 7.63. The molecule has 2 aromatic carbocycles. The molecule has 0 saturated carbocycles. The minimum Gasteiger partial charge on any atom is -0.356 e. The predicted molar refractivity (Wildman–Crippen MR) is 120 cm³/mol. The van der Waals surface area contributed by atoms with Crippen molar-refractivity contribution >= 4 is 21.6 Å². The summed E-state index contributed by atoms with van der Waals surface area (Å²) in [6.07, 6.45) is 6.36. The molecule has 8 heteroatoms. The first-order valence-electron chi connectivity index (χ1n) is 10.8. The molecule has 0 atom stereocenters. The summed E-state index contributed by atoms with van der Waals surface area (Å²) in [6.45, 7) is 3.99. The monoisotopic (exact) mass is 447 g/mol. The number of carbonyl (C=O) groups is 1. The number of sulfonamides is 1. The van der Waals surface area contributed by atoms with E-state index in [0.717, 1.165) is 43.8 Å². The predicted octanol–water partition coefficient (Wildman–Crippen LogP) is 3.55. The minimum atomic E-state index is -3.79. The molecule has 1 fully saturated rings. The molecule has 0 unspecified atom stereocenters. The molecule has 2 aromatic rings. The van der Waals surface area contributed by atoms with Crippen molar-refractivity contribution in [3.63, 3.8) is 0 Å². The summed E-state index contributed by atoms with van der Waals surface area (Å²) in [4.78, 5) is 14.6. The van der Waals surface area contributed by atoms with Crippen molar-refractivity contribution < 1.29 is 17.6 Å². The molecule has 1 heterocycles. The van der Waals surface area contributed by atoms with Gasteiger partial charge in [0.25, 0.3) is 10.0 Å². The van der Waals surface area contributed by atoms with E-state index >= 15 is 0 Å². The van der Waals surface area contributed by atoms with Gasteiger partial charge in [-0.2, -0.15) is 0 Å². The molecular weight excluding hydrogens is 417 g/mol. The second kappa shape index (κ2) is 11.2. The number of likely N-dealkylation sites (tertiary alicyclic amines) is 1. The van der Waals surface area contributed by atoms with Crippen LogP contribution in [0.5, 0.6) is 0 Å². The Balaban J connectivity index is 1.42. The summed E-state index contributed by atoms with van der Waals surface area (Å²) in [6, 6.07) is 11.3. The average Bonchev–Trinajstić information content (AvgIpc) is 3.02. The van der Waals surface area contributed by atoms with Gasteiger partial charge in [-0.25, -0.2) is 12.8 Å². The summed E-state index contributed by atoms with van der Waals surface area (Å²) in [7, 11) is -3.79. The Morgan fingerprint density at radius 2 is 1.58 bits per heavy atom. The molecule has 1 saturated heterocycles. The molecular formula is C23H30FN3O3S. The molecule has 1 amide bonds. The number of amides is 1. The van der Waals surface area contributed by atoms with Crippen LogP contribution in [-0.2, 0) is 21.2 Å². The SMILES string of the molecule is O=C(Cc1ccc(NS(=O)(=O)c2ccc(F)cc2)cc1)NCCCN1CCCCCC1. The highest BCUT2D eigenvalue weighted by molar-refractivity contribution is 7.92. The van der Waals surface area contributed by atoms with Crippen LogP contribution >= 0.6 is 0 Å². The van der Waals surface area contributed by atoms with E-state index in [9.17, 15) is 17.6 Å². The Kier molecular flexibility index (Phi) is 8.43. The zero-order chi connectivity index (χ0) is 22.1. The van der Waals surface area contributed by atoms with Gasteiger partial charge in [-0.05, 0) is 80.9 Å². The second-order valence-electron chi connectivity index (χ2n) is 7.89. The number of hydrogen-bond acceptors (Lipinski definition) is 4. The fraction of sp³-hybridized carbons (Fsp3) is 0.435. The first kappa shape index (κ1) is 23.2. The highest BCUT2D eigenvalue weighted by Gasteiger charge is 2.14. The van der Waals surface area contributed by atoms with Crippen molar-refractivity contribution in [2.45, 2.75) is 43.4 Å². The van der Waals surface area contributed by atoms with Gasteiger partial charge in [0.1, 0.15) is 5.82 Å². The van der Waals surface area contributed by atoms with Gasteiger partial charge in [0.15, 0.2) is 0 Å². The highest BCUT2D eigenvalue weighted by Crippen LogP contribution is 2.17. The molecule has 3 rings (SSSR count). The maximum Gasteiger partial charge on any atom is 0.261 e. The lowest BCUT2D eigenvalue weighted by atomic mass is 10.1. The average molecular weight is 448 g/mol. The maximum atomic E-state index is 13.0. The Hall–Kier alpha value is -2.45. The molecule has 1 aliphatic rings. The van der Waals surface area contributed by atoms with Crippen LogP contribution in [-0.4, -0.2) is 45.4 Å². The van der Waals surface area contributed by atoms with Crippen LogP contribution in [0, 0.1) is 5.82 Å². The van der Waals surface area contributed by atoms with Crippen LogP contribution in [0.3, 0.4) is 0 Å². The van der Waals surface area contributed by atoms with Gasteiger partial charge >= 0.3 is 0 Å². The van der Waals surface area contributed by atoms with Crippen LogP contribution in [0.4, 0.5) is 10.1 Å². The van der Waals surface area contributed by atoms with Gasteiger partial charge in [0.2, 0.25) is 5.91 Å². The minimum absolute atomic E-state index is 0.0162. The van der Waals surface area contributed by atoms with Crippen molar-refractivity contribution in [3.05, 3.63) is 59.9 Å². The molecule has 2 N–H and O–H groups in total. The van der Waals surface area contributed by atoms with E-state index in [1.54, 1.807) is 24.3 Å². The van der Waals surface area contributed by atoms with E-state index in [1.807, 2.05) is 0 Å². The summed E-state index contributed by atoms with van der Waals surface area (Å²) in [5.41, 5.74) is 1.18. The van der Waals surface area contributed by atoms with Crippen molar-refractivity contribution in [1.29, 1.82) is 0 Å². The Bertz CT molecular complexity index is 939. The van der Waals surface area contributed by atoms with Gasteiger partial charge in [0, 0.05) is 12.2 Å². The molecule has 0 radical (unpaired) electrons.